The number of hydrogen-bond acceptors (Lipinski definition) is 7. The number of anilines is 3. The lowest BCUT2D eigenvalue weighted by molar-refractivity contribution is 0.122. The first-order valence-corrected chi connectivity index (χ1v) is 9.82. The number of morpholine rings is 1. The molecule has 0 aromatic carbocycles. The Hall–Kier alpha value is -1.83. The second-order valence-electron chi connectivity index (χ2n) is 6.77. The Balaban J connectivity index is 1.46. The van der Waals surface area contributed by atoms with Gasteiger partial charge in [0.15, 0.2) is 0 Å². The zero-order chi connectivity index (χ0) is 18.8. The van der Waals surface area contributed by atoms with Gasteiger partial charge in [0, 0.05) is 51.7 Å². The Morgan fingerprint density at radius 1 is 1.15 bits per heavy atom. The smallest absolute Gasteiger partial charge is 0.227 e. The predicted molar refractivity (Wildman–Crippen MR) is 108 cm³/mol. The molecule has 2 aromatic rings. The molecule has 0 N–H and O–H groups in total. The van der Waals surface area contributed by atoms with E-state index >= 15 is 0 Å². The van der Waals surface area contributed by atoms with Crippen LogP contribution in [0.2, 0.25) is 10.0 Å². The van der Waals surface area contributed by atoms with Crippen LogP contribution in [0.5, 0.6) is 0 Å². The zero-order valence-corrected chi connectivity index (χ0v) is 16.7. The van der Waals surface area contributed by atoms with Crippen LogP contribution in [0.4, 0.5) is 17.6 Å². The quantitative estimate of drug-likeness (QED) is 0.770. The molecule has 0 radical (unpaired) electrons. The van der Waals surface area contributed by atoms with Crippen molar-refractivity contribution in [3.63, 3.8) is 0 Å². The molecule has 9 heteroatoms. The van der Waals surface area contributed by atoms with Crippen LogP contribution in [-0.2, 0) is 4.74 Å². The molecule has 0 aliphatic carbocycles. The molecular formula is C18H22Cl2N6O. The van der Waals surface area contributed by atoms with Gasteiger partial charge in [-0.2, -0.15) is 4.98 Å². The number of pyridine rings is 1. The third-order valence-corrected chi connectivity index (χ3v) is 5.57. The van der Waals surface area contributed by atoms with Gasteiger partial charge in [-0.3, -0.25) is 0 Å². The molecule has 0 spiro atoms. The van der Waals surface area contributed by atoms with Crippen molar-refractivity contribution >= 4 is 40.8 Å². The molecule has 0 bridgehead atoms. The van der Waals surface area contributed by atoms with Gasteiger partial charge in [0.2, 0.25) is 5.95 Å². The SMILES string of the molecule is CN(c1ccnc(N2CCOCC2)n1)C1CCN(c2ncc(Cl)cc2Cl)C1. The van der Waals surface area contributed by atoms with E-state index < -0.39 is 0 Å². The van der Waals surface area contributed by atoms with Crippen LogP contribution in [0.3, 0.4) is 0 Å². The summed E-state index contributed by atoms with van der Waals surface area (Å²) in [6.07, 6.45) is 4.47. The topological polar surface area (TPSA) is 57.6 Å². The van der Waals surface area contributed by atoms with Gasteiger partial charge < -0.3 is 19.4 Å². The summed E-state index contributed by atoms with van der Waals surface area (Å²) in [5.41, 5.74) is 0. The molecule has 4 heterocycles. The summed E-state index contributed by atoms with van der Waals surface area (Å²) in [5.74, 6) is 2.47. The molecule has 2 fully saturated rings. The maximum atomic E-state index is 6.32. The van der Waals surface area contributed by atoms with Crippen LogP contribution in [0, 0.1) is 0 Å². The Labute approximate surface area is 168 Å². The van der Waals surface area contributed by atoms with Gasteiger partial charge in [0.25, 0.3) is 0 Å². The number of ether oxygens (including phenoxy) is 1. The molecule has 2 aliphatic heterocycles. The summed E-state index contributed by atoms with van der Waals surface area (Å²) >= 11 is 12.3. The summed E-state index contributed by atoms with van der Waals surface area (Å²) in [6, 6.07) is 4.02. The minimum Gasteiger partial charge on any atom is -0.378 e. The largest absolute Gasteiger partial charge is 0.378 e. The first-order chi connectivity index (χ1) is 13.1. The van der Waals surface area contributed by atoms with Crippen LogP contribution < -0.4 is 14.7 Å². The average Bonchev–Trinajstić information content (AvgIpc) is 3.18. The molecule has 2 aromatic heterocycles. The van der Waals surface area contributed by atoms with E-state index in [0.717, 1.165) is 63.4 Å². The lowest BCUT2D eigenvalue weighted by atomic mass is 10.2. The molecule has 4 rings (SSSR count). The predicted octanol–water partition coefficient (Wildman–Crippen LogP) is 2.73. The monoisotopic (exact) mass is 408 g/mol. The maximum absolute atomic E-state index is 6.32. The number of aromatic nitrogens is 3. The van der Waals surface area contributed by atoms with Crippen LogP contribution in [0.1, 0.15) is 6.42 Å². The van der Waals surface area contributed by atoms with Crippen molar-refractivity contribution in [2.75, 3.05) is 61.1 Å². The van der Waals surface area contributed by atoms with Crippen molar-refractivity contribution in [1.82, 2.24) is 15.0 Å². The normalized spacial score (nSPS) is 20.2. The number of likely N-dealkylation sites (N-methyl/N-ethyl adjacent to an activating group) is 1. The van der Waals surface area contributed by atoms with E-state index in [-0.39, 0.29) is 0 Å². The fraction of sp³-hybridized carbons (Fsp3) is 0.500. The zero-order valence-electron chi connectivity index (χ0n) is 15.2. The Bertz CT molecular complexity index is 801. The summed E-state index contributed by atoms with van der Waals surface area (Å²) in [7, 11) is 2.08. The molecule has 0 saturated carbocycles. The lowest BCUT2D eigenvalue weighted by Crippen LogP contribution is -2.38. The second kappa shape index (κ2) is 8.04. The van der Waals surface area contributed by atoms with Gasteiger partial charge in [-0.25, -0.2) is 9.97 Å². The third kappa shape index (κ3) is 4.05. The minimum atomic E-state index is 0.325. The van der Waals surface area contributed by atoms with Gasteiger partial charge in [-0.05, 0) is 18.6 Å². The number of rotatable bonds is 4. The first kappa shape index (κ1) is 18.5. The molecule has 27 heavy (non-hydrogen) atoms. The van der Waals surface area contributed by atoms with E-state index in [9.17, 15) is 0 Å². The van der Waals surface area contributed by atoms with Crippen molar-refractivity contribution in [1.29, 1.82) is 0 Å². The molecule has 2 saturated heterocycles. The van der Waals surface area contributed by atoms with E-state index in [4.69, 9.17) is 32.9 Å². The van der Waals surface area contributed by atoms with Crippen molar-refractivity contribution in [2.45, 2.75) is 12.5 Å². The Morgan fingerprint density at radius 2 is 1.96 bits per heavy atom. The molecule has 1 atom stereocenters. The van der Waals surface area contributed by atoms with Crippen molar-refractivity contribution < 1.29 is 4.74 Å². The molecule has 1 unspecified atom stereocenters. The molecular weight excluding hydrogens is 387 g/mol. The average molecular weight is 409 g/mol. The second-order valence-corrected chi connectivity index (χ2v) is 7.62. The van der Waals surface area contributed by atoms with Crippen molar-refractivity contribution in [3.8, 4) is 0 Å². The van der Waals surface area contributed by atoms with E-state index in [2.05, 4.69) is 31.7 Å². The molecule has 0 amide bonds. The Kier molecular flexibility index (Phi) is 5.52. The fourth-order valence-corrected chi connectivity index (χ4v) is 4.03. The van der Waals surface area contributed by atoms with E-state index in [1.165, 1.54) is 0 Å². The lowest BCUT2D eigenvalue weighted by Gasteiger charge is -2.29. The van der Waals surface area contributed by atoms with E-state index in [1.807, 2.05) is 12.3 Å². The highest BCUT2D eigenvalue weighted by Gasteiger charge is 2.29. The standard InChI is InChI=1S/C18H22Cl2N6O/c1-24(16-2-4-21-18(23-16)25-6-8-27-9-7-25)14-3-5-26(12-14)17-15(20)10-13(19)11-22-17/h2,4,10-11,14H,3,5-9,12H2,1H3. The maximum Gasteiger partial charge on any atom is 0.227 e. The highest BCUT2D eigenvalue weighted by molar-refractivity contribution is 6.36. The summed E-state index contributed by atoms with van der Waals surface area (Å²) in [5, 5.41) is 1.13. The molecule has 2 aliphatic rings. The number of halogens is 2. The van der Waals surface area contributed by atoms with Crippen molar-refractivity contribution in [3.05, 3.63) is 34.6 Å². The Morgan fingerprint density at radius 3 is 2.74 bits per heavy atom. The highest BCUT2D eigenvalue weighted by Crippen LogP contribution is 2.30. The minimum absolute atomic E-state index is 0.325. The van der Waals surface area contributed by atoms with Gasteiger partial charge in [0.05, 0.1) is 23.3 Å². The highest BCUT2D eigenvalue weighted by atomic mass is 35.5. The van der Waals surface area contributed by atoms with E-state index in [1.54, 1.807) is 12.3 Å². The van der Waals surface area contributed by atoms with Gasteiger partial charge in [-0.1, -0.05) is 23.2 Å². The van der Waals surface area contributed by atoms with Crippen LogP contribution in [0.25, 0.3) is 0 Å². The van der Waals surface area contributed by atoms with E-state index in [0.29, 0.717) is 16.1 Å². The summed E-state index contributed by atoms with van der Waals surface area (Å²) in [4.78, 5) is 20.2. The van der Waals surface area contributed by atoms with Crippen LogP contribution >= 0.6 is 23.2 Å². The van der Waals surface area contributed by atoms with Gasteiger partial charge in [0.1, 0.15) is 11.6 Å². The van der Waals surface area contributed by atoms with Crippen LogP contribution in [-0.4, -0.2) is 67.4 Å². The van der Waals surface area contributed by atoms with Crippen molar-refractivity contribution in [2.24, 2.45) is 0 Å². The van der Waals surface area contributed by atoms with Gasteiger partial charge >= 0.3 is 0 Å². The number of nitrogens with zero attached hydrogens (tertiary/aromatic N) is 6. The third-order valence-electron chi connectivity index (χ3n) is 5.08. The number of hydrogen-bond donors (Lipinski definition) is 0. The molecule has 144 valence electrons. The van der Waals surface area contributed by atoms with Crippen LogP contribution in [0.15, 0.2) is 24.5 Å². The summed E-state index contributed by atoms with van der Waals surface area (Å²) in [6.45, 7) is 4.81. The molecule has 7 nitrogen and oxygen atoms in total. The van der Waals surface area contributed by atoms with Gasteiger partial charge in [-0.15, -0.1) is 0 Å². The fourth-order valence-electron chi connectivity index (χ4n) is 3.53. The summed E-state index contributed by atoms with van der Waals surface area (Å²) < 4.78 is 5.41. The first-order valence-electron chi connectivity index (χ1n) is 9.06.